The highest BCUT2D eigenvalue weighted by molar-refractivity contribution is 14.1. The van der Waals surface area contributed by atoms with Gasteiger partial charge < -0.3 is 23.5 Å². The normalized spacial score (nSPS) is 11.7. The molecule has 7 nitrogen and oxygen atoms in total. The van der Waals surface area contributed by atoms with Gasteiger partial charge >= 0.3 is 0 Å². The molecule has 0 N–H and O–H groups in total. The van der Waals surface area contributed by atoms with Gasteiger partial charge in [-0.15, -0.1) is 0 Å². The van der Waals surface area contributed by atoms with E-state index in [0.29, 0.717) is 23.0 Å². The average Bonchev–Trinajstić information content (AvgIpc) is 2.94. The van der Waals surface area contributed by atoms with Gasteiger partial charge in [0.15, 0.2) is 0 Å². The van der Waals surface area contributed by atoms with Gasteiger partial charge in [0, 0.05) is 17.9 Å². The molecule has 4 aromatic carbocycles. The second-order valence-electron chi connectivity index (χ2n) is 9.19. The summed E-state index contributed by atoms with van der Waals surface area (Å²) in [5.41, 5.74) is -0.810. The zero-order chi connectivity index (χ0) is 30.3. The summed E-state index contributed by atoms with van der Waals surface area (Å²) in [7, 11) is -4.63. The molecule has 0 heterocycles. The molecule has 0 aliphatic carbocycles. The maximum atomic E-state index is 11.8. The zero-order valence-corrected chi connectivity index (χ0v) is 33.2. The van der Waals surface area contributed by atoms with Crippen LogP contribution in [-0.4, -0.2) is 39.4 Å². The summed E-state index contributed by atoms with van der Waals surface area (Å²) in [6.45, 7) is 0.707. The second-order valence-corrected chi connectivity index (χ2v) is 16.6. The van der Waals surface area contributed by atoms with E-state index in [0.717, 1.165) is 10.7 Å². The zero-order valence-electron chi connectivity index (χ0n) is 21.6. The van der Waals surface area contributed by atoms with Crippen LogP contribution in [0.1, 0.15) is 0 Å². The number of halogens is 5. The molecule has 0 spiro atoms. The Hall–Kier alpha value is -0.360. The number of hydrogen-bond donors (Lipinski definition) is 0. The Morgan fingerprint density at radius 2 is 0.810 bits per heavy atom. The van der Waals surface area contributed by atoms with Crippen molar-refractivity contribution in [3.8, 4) is 23.0 Å². The number of rotatable bonds is 13. The summed E-state index contributed by atoms with van der Waals surface area (Å²) < 4.78 is 64.2. The van der Waals surface area contributed by atoms with E-state index in [1.165, 1.54) is 12.1 Å². The Morgan fingerprint density at radius 3 is 1.10 bits per heavy atom. The first kappa shape index (κ1) is 34.5. The van der Waals surface area contributed by atoms with Crippen LogP contribution in [0.4, 0.5) is 0 Å². The van der Waals surface area contributed by atoms with Crippen LogP contribution in [0, 0.1) is 23.3 Å². The van der Waals surface area contributed by atoms with Gasteiger partial charge in [-0.25, -0.2) is 8.42 Å². The lowest BCUT2D eigenvalue weighted by Crippen LogP contribution is -2.45. The molecule has 222 valence electrons. The molecule has 0 amide bonds. The largest absolute Gasteiger partial charge is 0.744 e. The lowest BCUT2D eigenvalue weighted by molar-refractivity contribution is -0.00357. The van der Waals surface area contributed by atoms with Crippen molar-refractivity contribution in [2.24, 2.45) is 5.41 Å². The van der Waals surface area contributed by atoms with Gasteiger partial charge in [-0.2, -0.15) is 0 Å². The van der Waals surface area contributed by atoms with E-state index in [4.69, 9.17) is 18.9 Å². The van der Waals surface area contributed by atoms with E-state index >= 15 is 0 Å². The molecular weight excluding hydrogens is 1130 g/mol. The van der Waals surface area contributed by atoms with Gasteiger partial charge in [0.1, 0.15) is 65.0 Å². The fourth-order valence-electron chi connectivity index (χ4n) is 3.65. The Balaban J connectivity index is 1.65. The van der Waals surface area contributed by atoms with E-state index in [1.807, 2.05) is 118 Å². The Bertz CT molecular complexity index is 1450. The SMILES string of the molecule is O=S(=O)([O-])c1c(I)cc(OCC(COc2ccc(I)cc2)(COc2ccc(I)cc2)COc2ccc(I)cc2)cc1I. The standard InChI is InChI=1S/C29H23I5O7S/c30-19-1-7-22(8-2-19)38-15-29(16-39-23-9-3-20(31)4-10-23,17-40-24-11-5-21(32)6-12-24)18-41-25-13-26(33)28(27(34)14-25)42(35,36)37/h1-14H,15-18H2,(H,35,36,37)/p-1. The maximum Gasteiger partial charge on any atom is 0.126 e. The van der Waals surface area contributed by atoms with Crippen molar-refractivity contribution >= 4 is 123 Å². The molecule has 0 aromatic heterocycles. The number of hydrogen-bond acceptors (Lipinski definition) is 7. The first-order valence-corrected chi connectivity index (χ1v) is 19.0. The van der Waals surface area contributed by atoms with Gasteiger partial charge in [-0.1, -0.05) is 0 Å². The predicted octanol–water partition coefficient (Wildman–Crippen LogP) is 8.22. The van der Waals surface area contributed by atoms with Crippen LogP contribution in [0.2, 0.25) is 0 Å². The molecule has 4 aromatic rings. The minimum atomic E-state index is -4.63. The van der Waals surface area contributed by atoms with Crippen LogP contribution >= 0.6 is 113 Å². The van der Waals surface area contributed by atoms with Gasteiger partial charge in [-0.3, -0.25) is 0 Å². The monoisotopic (exact) mass is 1150 g/mol. The van der Waals surface area contributed by atoms with E-state index in [-0.39, 0.29) is 38.5 Å². The van der Waals surface area contributed by atoms with Crippen LogP contribution in [0.15, 0.2) is 89.8 Å². The van der Waals surface area contributed by atoms with Crippen molar-refractivity contribution < 1.29 is 31.9 Å². The molecule has 4 rings (SSSR count). The van der Waals surface area contributed by atoms with Crippen molar-refractivity contribution in [2.75, 3.05) is 26.4 Å². The molecule has 0 saturated carbocycles. The Labute approximate surface area is 313 Å². The molecule has 0 fully saturated rings. The number of ether oxygens (including phenoxy) is 4. The van der Waals surface area contributed by atoms with Crippen molar-refractivity contribution in [3.63, 3.8) is 0 Å². The van der Waals surface area contributed by atoms with Crippen molar-refractivity contribution in [3.05, 3.63) is 103 Å². The third-order valence-corrected chi connectivity index (χ3v) is 11.4. The molecule has 0 aliphatic heterocycles. The maximum absolute atomic E-state index is 11.8. The van der Waals surface area contributed by atoms with Crippen LogP contribution in [-0.2, 0) is 10.1 Å². The Kier molecular flexibility index (Phi) is 13.0. The lowest BCUT2D eigenvalue weighted by atomic mass is 9.92. The molecule has 0 atom stereocenters. The third kappa shape index (κ3) is 10.3. The highest BCUT2D eigenvalue weighted by Crippen LogP contribution is 2.32. The second kappa shape index (κ2) is 15.8. The molecule has 42 heavy (non-hydrogen) atoms. The summed E-state index contributed by atoms with van der Waals surface area (Å²) in [6.07, 6.45) is 0. The summed E-state index contributed by atoms with van der Waals surface area (Å²) >= 11 is 10.4. The van der Waals surface area contributed by atoms with Crippen molar-refractivity contribution in [1.29, 1.82) is 0 Å². The van der Waals surface area contributed by atoms with Gasteiger partial charge in [0.05, 0.1) is 4.90 Å². The topological polar surface area (TPSA) is 94.1 Å². The van der Waals surface area contributed by atoms with E-state index in [1.54, 1.807) is 0 Å². The minimum absolute atomic E-state index is 0.113. The molecule has 0 radical (unpaired) electrons. The van der Waals surface area contributed by atoms with Crippen LogP contribution in [0.5, 0.6) is 23.0 Å². The first-order valence-electron chi connectivity index (χ1n) is 12.2. The Morgan fingerprint density at radius 1 is 0.524 bits per heavy atom. The molecule has 0 aliphatic rings. The highest BCUT2D eigenvalue weighted by atomic mass is 127. The lowest BCUT2D eigenvalue weighted by Gasteiger charge is -2.33. The number of benzene rings is 4. The van der Waals surface area contributed by atoms with Crippen molar-refractivity contribution in [1.82, 2.24) is 0 Å². The molecular formula is C29H22I5O7S-. The summed E-state index contributed by atoms with van der Waals surface area (Å²) in [5, 5.41) is 0. The minimum Gasteiger partial charge on any atom is -0.744 e. The third-order valence-electron chi connectivity index (χ3n) is 5.84. The molecule has 13 heteroatoms. The van der Waals surface area contributed by atoms with Crippen LogP contribution < -0.4 is 18.9 Å². The highest BCUT2D eigenvalue weighted by Gasteiger charge is 2.36. The smallest absolute Gasteiger partial charge is 0.126 e. The van der Waals surface area contributed by atoms with Crippen LogP contribution in [0.25, 0.3) is 0 Å². The van der Waals surface area contributed by atoms with Gasteiger partial charge in [-0.05, 0) is 198 Å². The predicted molar refractivity (Wildman–Crippen MR) is 202 cm³/mol. The summed E-state index contributed by atoms with van der Waals surface area (Å²) in [5.74, 6) is 2.49. The van der Waals surface area contributed by atoms with Gasteiger partial charge in [0.2, 0.25) is 0 Å². The average molecular weight is 1150 g/mol. The van der Waals surface area contributed by atoms with E-state index in [2.05, 4.69) is 67.8 Å². The first-order chi connectivity index (χ1) is 19.9. The molecule has 0 unspecified atom stereocenters. The molecule has 0 saturated heterocycles. The fraction of sp³-hybridized carbons (Fsp3) is 0.172. The summed E-state index contributed by atoms with van der Waals surface area (Å²) in [4.78, 5) is -0.256. The van der Waals surface area contributed by atoms with E-state index in [9.17, 15) is 13.0 Å². The molecule has 0 bridgehead atoms. The van der Waals surface area contributed by atoms with Crippen molar-refractivity contribution in [2.45, 2.75) is 4.90 Å². The fourth-order valence-corrected chi connectivity index (χ4v) is 8.65. The van der Waals surface area contributed by atoms with Crippen LogP contribution in [0.3, 0.4) is 0 Å². The van der Waals surface area contributed by atoms with E-state index < -0.39 is 15.5 Å². The summed E-state index contributed by atoms with van der Waals surface area (Å²) in [6, 6.07) is 26.3. The van der Waals surface area contributed by atoms with Gasteiger partial charge in [0.25, 0.3) is 0 Å². The quantitative estimate of drug-likeness (QED) is 0.0985.